The number of thioether (sulfide) groups is 1. The second-order valence-electron chi connectivity index (χ2n) is 4.78. The number of hydrogen-bond acceptors (Lipinski definition) is 4. The molecule has 0 spiro atoms. The van der Waals surface area contributed by atoms with E-state index in [1.165, 1.54) is 16.7 Å². The molecule has 1 amide bonds. The van der Waals surface area contributed by atoms with Gasteiger partial charge < -0.3 is 14.7 Å². The molecule has 20 heavy (non-hydrogen) atoms. The Hall–Kier alpha value is -1.69. The van der Waals surface area contributed by atoms with Gasteiger partial charge in [0.2, 0.25) is 12.0 Å². The fraction of sp³-hybridized carbons (Fsp3) is 0.429. The van der Waals surface area contributed by atoms with Crippen molar-refractivity contribution in [1.82, 2.24) is 0 Å². The van der Waals surface area contributed by atoms with E-state index < -0.39 is 12.1 Å². The van der Waals surface area contributed by atoms with Crippen LogP contribution in [0.5, 0.6) is 5.75 Å². The Labute approximate surface area is 121 Å². The predicted octanol–water partition coefficient (Wildman–Crippen LogP) is 2.01. The van der Waals surface area contributed by atoms with Crippen molar-refractivity contribution in [1.29, 1.82) is 0 Å². The summed E-state index contributed by atoms with van der Waals surface area (Å²) in [6.45, 7) is 4.08. The predicted molar refractivity (Wildman–Crippen MR) is 78.4 cm³/mol. The van der Waals surface area contributed by atoms with Crippen molar-refractivity contribution in [3.63, 3.8) is 0 Å². The summed E-state index contributed by atoms with van der Waals surface area (Å²) < 4.78 is 5.40. The van der Waals surface area contributed by atoms with Crippen LogP contribution < -0.4 is 9.64 Å². The van der Waals surface area contributed by atoms with Gasteiger partial charge in [-0.25, -0.2) is 4.79 Å². The molecule has 0 saturated heterocycles. The van der Waals surface area contributed by atoms with Crippen LogP contribution in [-0.2, 0) is 9.59 Å². The number of carbonyl (C=O) groups excluding carboxylic acids is 1. The van der Waals surface area contributed by atoms with Gasteiger partial charge in [0.05, 0.1) is 18.0 Å². The van der Waals surface area contributed by atoms with Crippen molar-refractivity contribution in [2.75, 3.05) is 17.2 Å². The summed E-state index contributed by atoms with van der Waals surface area (Å²) in [4.78, 5) is 24.9. The monoisotopic (exact) mass is 295 g/mol. The Balaban J connectivity index is 2.22. The smallest absolute Gasteiger partial charge is 0.346 e. The number of carbonyl (C=O) groups is 2. The fourth-order valence-electron chi connectivity index (χ4n) is 1.92. The maximum atomic E-state index is 12.3. The average molecular weight is 295 g/mol. The summed E-state index contributed by atoms with van der Waals surface area (Å²) in [6, 6.07) is 7.01. The molecule has 6 heteroatoms. The first-order chi connectivity index (χ1) is 9.49. The zero-order chi connectivity index (χ0) is 14.7. The molecule has 108 valence electrons. The van der Waals surface area contributed by atoms with Gasteiger partial charge >= 0.3 is 5.97 Å². The molecule has 1 unspecified atom stereocenters. The van der Waals surface area contributed by atoms with Gasteiger partial charge in [0.25, 0.3) is 0 Å². The molecule has 1 atom stereocenters. The number of fused-ring (bicyclic) bond motifs is 1. The minimum atomic E-state index is -1.06. The molecule has 1 aliphatic rings. The summed E-state index contributed by atoms with van der Waals surface area (Å²) in [5.74, 6) is -0.383. The summed E-state index contributed by atoms with van der Waals surface area (Å²) >= 11 is 1.54. The second-order valence-corrected chi connectivity index (χ2v) is 6.34. The number of ether oxygens (including phenoxy) is 1. The quantitative estimate of drug-likeness (QED) is 0.920. The topological polar surface area (TPSA) is 66.8 Å². The van der Waals surface area contributed by atoms with Crippen molar-refractivity contribution in [3.05, 3.63) is 24.3 Å². The third kappa shape index (κ3) is 3.25. The van der Waals surface area contributed by atoms with Crippen LogP contribution in [0.1, 0.15) is 13.8 Å². The third-order valence-corrected chi connectivity index (χ3v) is 3.97. The summed E-state index contributed by atoms with van der Waals surface area (Å²) in [6.07, 6.45) is -1.02. The van der Waals surface area contributed by atoms with Crippen LogP contribution in [0.4, 0.5) is 5.69 Å². The summed E-state index contributed by atoms with van der Waals surface area (Å²) in [7, 11) is 0. The number of benzene rings is 1. The van der Waals surface area contributed by atoms with Crippen molar-refractivity contribution in [2.45, 2.75) is 25.2 Å². The Morgan fingerprint density at radius 3 is 2.80 bits per heavy atom. The van der Waals surface area contributed by atoms with Gasteiger partial charge in [-0.1, -0.05) is 26.0 Å². The highest BCUT2D eigenvalue weighted by atomic mass is 32.2. The van der Waals surface area contributed by atoms with Crippen LogP contribution >= 0.6 is 11.8 Å². The Morgan fingerprint density at radius 2 is 2.15 bits per heavy atom. The standard InChI is InChI=1S/C14H17NO4S/c1-9(2)20-8-13(16)15-7-12(14(17)18)19-11-6-4-3-5-10(11)15/h3-6,9,12H,7-8H2,1-2H3,(H,17,18). The Kier molecular flexibility index (Phi) is 4.54. The van der Waals surface area contributed by atoms with Gasteiger partial charge in [-0.2, -0.15) is 0 Å². The molecule has 0 aromatic heterocycles. The largest absolute Gasteiger partial charge is 0.478 e. The average Bonchev–Trinajstić information content (AvgIpc) is 2.43. The normalized spacial score (nSPS) is 17.6. The lowest BCUT2D eigenvalue weighted by Crippen LogP contribution is -2.47. The summed E-state index contributed by atoms with van der Waals surface area (Å²) in [5.41, 5.74) is 0.638. The van der Waals surface area contributed by atoms with Crippen molar-refractivity contribution in [2.24, 2.45) is 0 Å². The van der Waals surface area contributed by atoms with Gasteiger partial charge in [0.15, 0.2) is 0 Å². The molecule has 1 heterocycles. The van der Waals surface area contributed by atoms with Crippen LogP contribution in [0.25, 0.3) is 0 Å². The van der Waals surface area contributed by atoms with Crippen molar-refractivity contribution >= 4 is 29.3 Å². The number of carboxylic acids is 1. The maximum absolute atomic E-state index is 12.3. The molecule has 0 radical (unpaired) electrons. The van der Waals surface area contributed by atoms with E-state index in [-0.39, 0.29) is 12.5 Å². The third-order valence-electron chi connectivity index (χ3n) is 2.89. The van der Waals surface area contributed by atoms with E-state index in [0.29, 0.717) is 22.4 Å². The number of nitrogens with zero attached hydrogens (tertiary/aromatic N) is 1. The van der Waals surface area contributed by atoms with E-state index in [1.807, 2.05) is 13.8 Å². The van der Waals surface area contributed by atoms with Crippen LogP contribution in [-0.4, -0.2) is 40.6 Å². The number of amides is 1. The van der Waals surface area contributed by atoms with Gasteiger partial charge in [0.1, 0.15) is 5.75 Å². The van der Waals surface area contributed by atoms with E-state index >= 15 is 0 Å². The van der Waals surface area contributed by atoms with Gasteiger partial charge in [-0.3, -0.25) is 4.79 Å². The van der Waals surface area contributed by atoms with E-state index in [2.05, 4.69) is 0 Å². The molecule has 0 saturated carbocycles. The minimum Gasteiger partial charge on any atom is -0.478 e. The zero-order valence-electron chi connectivity index (χ0n) is 11.4. The SMILES string of the molecule is CC(C)SCC(=O)N1CC(C(=O)O)Oc2ccccc21. The molecule has 0 aliphatic carbocycles. The minimum absolute atomic E-state index is 0.0455. The lowest BCUT2D eigenvalue weighted by atomic mass is 10.2. The molecule has 0 bridgehead atoms. The molecule has 1 N–H and O–H groups in total. The van der Waals surface area contributed by atoms with E-state index in [0.717, 1.165) is 0 Å². The Bertz CT molecular complexity index is 518. The highest BCUT2D eigenvalue weighted by molar-refractivity contribution is 8.00. The Morgan fingerprint density at radius 1 is 1.45 bits per heavy atom. The molecule has 0 fully saturated rings. The summed E-state index contributed by atoms with van der Waals surface area (Å²) in [5, 5.41) is 9.47. The molecule has 2 rings (SSSR count). The number of aliphatic carboxylic acids is 1. The highest BCUT2D eigenvalue weighted by Crippen LogP contribution is 2.33. The first-order valence-electron chi connectivity index (χ1n) is 6.39. The van der Waals surface area contributed by atoms with Crippen molar-refractivity contribution in [3.8, 4) is 5.75 Å². The van der Waals surface area contributed by atoms with Gasteiger partial charge in [-0.05, 0) is 17.4 Å². The first-order valence-corrected chi connectivity index (χ1v) is 7.44. The number of anilines is 1. The van der Waals surface area contributed by atoms with E-state index in [4.69, 9.17) is 9.84 Å². The van der Waals surface area contributed by atoms with Crippen LogP contribution in [0, 0.1) is 0 Å². The number of hydrogen-bond donors (Lipinski definition) is 1. The van der Waals surface area contributed by atoms with Crippen LogP contribution in [0.3, 0.4) is 0 Å². The number of carboxylic acid groups (broad SMARTS) is 1. The zero-order valence-corrected chi connectivity index (χ0v) is 12.2. The molecule has 5 nitrogen and oxygen atoms in total. The number of rotatable bonds is 4. The lowest BCUT2D eigenvalue weighted by molar-refractivity contribution is -0.145. The highest BCUT2D eigenvalue weighted by Gasteiger charge is 2.33. The van der Waals surface area contributed by atoms with E-state index in [1.54, 1.807) is 24.3 Å². The molecule has 1 aliphatic heterocycles. The van der Waals surface area contributed by atoms with Crippen molar-refractivity contribution < 1.29 is 19.4 Å². The van der Waals surface area contributed by atoms with Gasteiger partial charge in [0, 0.05) is 0 Å². The molecule has 1 aromatic rings. The maximum Gasteiger partial charge on any atom is 0.346 e. The fourth-order valence-corrected chi connectivity index (χ4v) is 2.55. The first kappa shape index (κ1) is 14.7. The van der Waals surface area contributed by atoms with Gasteiger partial charge in [-0.15, -0.1) is 11.8 Å². The molecular weight excluding hydrogens is 278 g/mol. The van der Waals surface area contributed by atoms with Crippen LogP contribution in [0.15, 0.2) is 24.3 Å². The van der Waals surface area contributed by atoms with E-state index in [9.17, 15) is 9.59 Å². The van der Waals surface area contributed by atoms with Crippen LogP contribution in [0.2, 0.25) is 0 Å². The second kappa shape index (κ2) is 6.17. The molecule has 1 aromatic carbocycles. The number of para-hydroxylation sites is 2. The molecular formula is C14H17NO4S. The lowest BCUT2D eigenvalue weighted by Gasteiger charge is -2.33.